The SMILES string of the molecule is O=C(c1c[nH]c2ccc(Br)cc12)C(F)(F)C(F)(F)F. The van der Waals surface area contributed by atoms with E-state index in [1.807, 2.05) is 0 Å². The average Bonchev–Trinajstić information content (AvgIpc) is 2.69. The molecule has 2 nitrogen and oxygen atoms in total. The maximum Gasteiger partial charge on any atom is 0.461 e. The first-order valence-electron chi connectivity index (χ1n) is 4.90. The fraction of sp³-hybridized carbons (Fsp3) is 0.182. The number of hydrogen-bond acceptors (Lipinski definition) is 1. The van der Waals surface area contributed by atoms with Gasteiger partial charge in [0.1, 0.15) is 0 Å². The summed E-state index contributed by atoms with van der Waals surface area (Å²) in [6.07, 6.45) is -5.07. The summed E-state index contributed by atoms with van der Waals surface area (Å²) in [5, 5.41) is 0.00306. The number of ketones is 1. The van der Waals surface area contributed by atoms with E-state index in [4.69, 9.17) is 0 Å². The van der Waals surface area contributed by atoms with Crippen molar-refractivity contribution in [1.82, 2.24) is 4.98 Å². The molecule has 0 saturated heterocycles. The summed E-state index contributed by atoms with van der Waals surface area (Å²) in [7, 11) is 0. The molecule has 1 heterocycles. The third-order valence-electron chi connectivity index (χ3n) is 2.53. The fourth-order valence-electron chi connectivity index (χ4n) is 1.58. The molecule has 0 amide bonds. The van der Waals surface area contributed by atoms with Gasteiger partial charge >= 0.3 is 12.1 Å². The molecule has 0 bridgehead atoms. The summed E-state index contributed by atoms with van der Waals surface area (Å²) in [6, 6.07) is 4.32. The van der Waals surface area contributed by atoms with E-state index in [9.17, 15) is 26.7 Å². The fourth-order valence-corrected chi connectivity index (χ4v) is 1.94. The number of carbonyl (C=O) groups is 1. The van der Waals surface area contributed by atoms with E-state index in [1.165, 1.54) is 12.1 Å². The smallest absolute Gasteiger partial charge is 0.360 e. The summed E-state index contributed by atoms with van der Waals surface area (Å²) in [6.45, 7) is 0. The Hall–Kier alpha value is -1.44. The van der Waals surface area contributed by atoms with Gasteiger partial charge in [0, 0.05) is 27.1 Å². The zero-order valence-corrected chi connectivity index (χ0v) is 10.6. The van der Waals surface area contributed by atoms with Crippen LogP contribution in [0.2, 0.25) is 0 Å². The Labute approximate surface area is 111 Å². The van der Waals surface area contributed by atoms with Crippen LogP contribution in [0, 0.1) is 0 Å². The molecule has 0 saturated carbocycles. The molecule has 0 spiro atoms. The Balaban J connectivity index is 2.57. The highest BCUT2D eigenvalue weighted by Gasteiger charge is 2.63. The molecule has 8 heteroatoms. The second kappa shape index (κ2) is 4.29. The molecule has 102 valence electrons. The summed E-state index contributed by atoms with van der Waals surface area (Å²) < 4.78 is 63.0. The minimum atomic E-state index is -5.92. The second-order valence-corrected chi connectivity index (χ2v) is 4.71. The van der Waals surface area contributed by atoms with Gasteiger partial charge in [0.15, 0.2) is 0 Å². The Morgan fingerprint density at radius 1 is 1.16 bits per heavy atom. The number of halogens is 6. The maximum absolute atomic E-state index is 13.0. The molecular formula is C11H5BrF5NO. The van der Waals surface area contributed by atoms with Crippen molar-refractivity contribution < 1.29 is 26.7 Å². The van der Waals surface area contributed by atoms with Crippen molar-refractivity contribution in [2.75, 3.05) is 0 Å². The van der Waals surface area contributed by atoms with Crippen molar-refractivity contribution in [3.05, 3.63) is 34.4 Å². The van der Waals surface area contributed by atoms with E-state index in [-0.39, 0.29) is 5.39 Å². The van der Waals surface area contributed by atoms with Gasteiger partial charge < -0.3 is 4.98 Å². The predicted molar refractivity (Wildman–Crippen MR) is 61.3 cm³/mol. The number of nitrogens with one attached hydrogen (secondary N) is 1. The largest absolute Gasteiger partial charge is 0.461 e. The molecule has 0 radical (unpaired) electrons. The topological polar surface area (TPSA) is 32.9 Å². The van der Waals surface area contributed by atoms with E-state index in [2.05, 4.69) is 20.9 Å². The van der Waals surface area contributed by atoms with Gasteiger partial charge in [0.2, 0.25) is 5.78 Å². The van der Waals surface area contributed by atoms with Crippen LogP contribution in [-0.4, -0.2) is 22.9 Å². The number of benzene rings is 1. The number of rotatable bonds is 2. The molecular weight excluding hydrogens is 337 g/mol. The number of Topliss-reactive ketones (excluding diaryl/α,β-unsaturated/α-hetero) is 1. The standard InChI is InChI=1S/C11H5BrF5NO/c12-5-1-2-8-6(3-5)7(4-18-8)9(19)10(13,14)11(15,16)17/h1-4,18H. The van der Waals surface area contributed by atoms with Crippen molar-refractivity contribution in [3.63, 3.8) is 0 Å². The lowest BCUT2D eigenvalue weighted by Gasteiger charge is -2.17. The third kappa shape index (κ3) is 2.24. The first-order chi connectivity index (χ1) is 8.64. The summed E-state index contributed by atoms with van der Waals surface area (Å²) in [4.78, 5) is 13.9. The Kier molecular flexibility index (Phi) is 3.16. The van der Waals surface area contributed by atoms with E-state index in [0.717, 1.165) is 6.20 Å². The van der Waals surface area contributed by atoms with Crippen LogP contribution in [0.1, 0.15) is 10.4 Å². The molecule has 1 N–H and O–H groups in total. The number of hydrogen-bond donors (Lipinski definition) is 1. The predicted octanol–water partition coefficient (Wildman–Crippen LogP) is 4.31. The Morgan fingerprint density at radius 3 is 2.37 bits per heavy atom. The first kappa shape index (κ1) is 14.0. The zero-order chi connectivity index (χ0) is 14.4. The molecule has 0 unspecified atom stereocenters. The number of aromatic amines is 1. The van der Waals surface area contributed by atoms with Crippen molar-refractivity contribution in [2.45, 2.75) is 12.1 Å². The van der Waals surface area contributed by atoms with Gasteiger partial charge in [-0.3, -0.25) is 4.79 Å². The average molecular weight is 342 g/mol. The van der Waals surface area contributed by atoms with Crippen LogP contribution in [-0.2, 0) is 0 Å². The summed E-state index contributed by atoms with van der Waals surface area (Å²) in [5.74, 6) is -7.69. The normalized spacial score (nSPS) is 12.9. The molecule has 19 heavy (non-hydrogen) atoms. The van der Waals surface area contributed by atoms with Crippen molar-refractivity contribution >= 4 is 32.6 Å². The van der Waals surface area contributed by atoms with Gasteiger partial charge in [0.25, 0.3) is 0 Å². The highest BCUT2D eigenvalue weighted by atomic mass is 79.9. The van der Waals surface area contributed by atoms with Crippen molar-refractivity contribution in [1.29, 1.82) is 0 Å². The molecule has 0 aliphatic rings. The molecule has 1 aromatic heterocycles. The van der Waals surface area contributed by atoms with Gasteiger partial charge in [-0.2, -0.15) is 22.0 Å². The van der Waals surface area contributed by atoms with Crippen LogP contribution in [0.4, 0.5) is 22.0 Å². The van der Waals surface area contributed by atoms with E-state index in [0.29, 0.717) is 9.99 Å². The molecule has 0 fully saturated rings. The molecule has 0 atom stereocenters. The lowest BCUT2D eigenvalue weighted by Crippen LogP contribution is -2.44. The Bertz CT molecular complexity index is 646. The molecule has 2 aromatic rings. The molecule has 2 rings (SSSR count). The number of H-pyrrole nitrogens is 1. The minimum Gasteiger partial charge on any atom is -0.360 e. The molecule has 0 aliphatic heterocycles. The highest BCUT2D eigenvalue weighted by molar-refractivity contribution is 9.10. The van der Waals surface area contributed by atoms with Gasteiger partial charge in [-0.05, 0) is 18.2 Å². The van der Waals surface area contributed by atoms with Crippen LogP contribution < -0.4 is 0 Å². The quantitative estimate of drug-likeness (QED) is 0.640. The van der Waals surface area contributed by atoms with Gasteiger partial charge in [-0.1, -0.05) is 15.9 Å². The van der Waals surface area contributed by atoms with Gasteiger partial charge in [0.05, 0.1) is 0 Å². The van der Waals surface area contributed by atoms with Crippen LogP contribution in [0.25, 0.3) is 10.9 Å². The van der Waals surface area contributed by atoms with Crippen LogP contribution in [0.3, 0.4) is 0 Å². The highest BCUT2D eigenvalue weighted by Crippen LogP contribution is 2.39. The number of fused-ring (bicyclic) bond motifs is 1. The molecule has 1 aromatic carbocycles. The van der Waals surface area contributed by atoms with Gasteiger partial charge in [-0.15, -0.1) is 0 Å². The van der Waals surface area contributed by atoms with E-state index in [1.54, 1.807) is 6.07 Å². The molecule has 0 aliphatic carbocycles. The van der Waals surface area contributed by atoms with E-state index >= 15 is 0 Å². The van der Waals surface area contributed by atoms with Crippen molar-refractivity contribution in [2.24, 2.45) is 0 Å². The number of aromatic nitrogens is 1. The van der Waals surface area contributed by atoms with Crippen LogP contribution in [0.5, 0.6) is 0 Å². The minimum absolute atomic E-state index is 0.00306. The summed E-state index contributed by atoms with van der Waals surface area (Å²) in [5.41, 5.74) is -0.400. The third-order valence-corrected chi connectivity index (χ3v) is 3.02. The van der Waals surface area contributed by atoms with Crippen LogP contribution >= 0.6 is 15.9 Å². The number of carbonyl (C=O) groups excluding carboxylic acids is 1. The number of alkyl halides is 5. The van der Waals surface area contributed by atoms with Crippen molar-refractivity contribution in [3.8, 4) is 0 Å². The maximum atomic E-state index is 13.0. The lowest BCUT2D eigenvalue weighted by molar-refractivity contribution is -0.255. The Morgan fingerprint density at radius 2 is 1.79 bits per heavy atom. The van der Waals surface area contributed by atoms with Crippen LogP contribution in [0.15, 0.2) is 28.9 Å². The second-order valence-electron chi connectivity index (χ2n) is 3.79. The monoisotopic (exact) mass is 341 g/mol. The van der Waals surface area contributed by atoms with E-state index < -0.39 is 23.4 Å². The van der Waals surface area contributed by atoms with Gasteiger partial charge in [-0.25, -0.2) is 0 Å². The first-order valence-corrected chi connectivity index (χ1v) is 5.70. The lowest BCUT2D eigenvalue weighted by atomic mass is 10.0. The summed E-state index contributed by atoms with van der Waals surface area (Å²) >= 11 is 3.06. The zero-order valence-electron chi connectivity index (χ0n) is 8.99.